The minimum atomic E-state index is -4.47. The molecule has 0 atom stereocenters. The number of benzene rings is 1. The highest BCUT2D eigenvalue weighted by Crippen LogP contribution is 2.49. The molecule has 0 aromatic heterocycles. The number of halogens is 3. The van der Waals surface area contributed by atoms with Crippen molar-refractivity contribution in [2.45, 2.75) is 32.9 Å². The minimum absolute atomic E-state index is 0.0706. The van der Waals surface area contributed by atoms with E-state index in [-0.39, 0.29) is 26.1 Å². The van der Waals surface area contributed by atoms with Crippen LogP contribution in [-0.4, -0.2) is 26.0 Å². The summed E-state index contributed by atoms with van der Waals surface area (Å²) in [6.45, 7) is 2.82. The van der Waals surface area contributed by atoms with Gasteiger partial charge < -0.3 is 0 Å². The average Bonchev–Trinajstić information content (AvgIpc) is 2.51. The summed E-state index contributed by atoms with van der Waals surface area (Å²) in [6, 6.07) is 8.88. The van der Waals surface area contributed by atoms with Gasteiger partial charge in [-0.25, -0.2) is 4.57 Å². The van der Waals surface area contributed by atoms with Crippen LogP contribution < -0.4 is 0 Å². The van der Waals surface area contributed by atoms with Crippen LogP contribution in [0.25, 0.3) is 0 Å². The van der Waals surface area contributed by atoms with Crippen LogP contribution in [0.2, 0.25) is 0 Å². The van der Waals surface area contributed by atoms with Crippen LogP contribution in [0.5, 0.6) is 0 Å². The average molecular weight is 366 g/mol. The zero-order chi connectivity index (χ0) is 18.1. The smallest absolute Gasteiger partial charge is 0.287 e. The van der Waals surface area contributed by atoms with Crippen molar-refractivity contribution in [2.24, 2.45) is 0 Å². The standard InChI is InChI=1S/C16H22F3O4P/c1-3-21-24(20,22-4-2)23-13-12-15(16(17,18)19)11-10-14-8-6-5-7-9-14/h5-9,12H,3-4,10-11,13H2,1-2H3/b15-12+. The Bertz CT molecular complexity index is 548. The highest BCUT2D eigenvalue weighted by Gasteiger charge is 2.33. The lowest BCUT2D eigenvalue weighted by atomic mass is 10.0. The van der Waals surface area contributed by atoms with Gasteiger partial charge in [-0.3, -0.25) is 13.6 Å². The number of aryl methyl sites for hydroxylation is 1. The molecule has 0 saturated heterocycles. The second-order valence-corrected chi connectivity index (χ2v) is 6.46. The van der Waals surface area contributed by atoms with Crippen molar-refractivity contribution in [2.75, 3.05) is 19.8 Å². The Morgan fingerprint density at radius 1 is 1.08 bits per heavy atom. The molecule has 4 nitrogen and oxygen atoms in total. The molecule has 0 aliphatic heterocycles. The Morgan fingerprint density at radius 2 is 1.67 bits per heavy atom. The number of phosphoric ester groups is 1. The van der Waals surface area contributed by atoms with Crippen LogP contribution in [0.15, 0.2) is 42.0 Å². The maximum absolute atomic E-state index is 13.1. The molecular formula is C16H22F3O4P. The lowest BCUT2D eigenvalue weighted by Gasteiger charge is -2.16. The number of allylic oxidation sites excluding steroid dienone is 1. The summed E-state index contributed by atoms with van der Waals surface area (Å²) >= 11 is 0. The summed E-state index contributed by atoms with van der Waals surface area (Å²) in [4.78, 5) is 0. The highest BCUT2D eigenvalue weighted by atomic mass is 31.2. The molecule has 0 N–H and O–H groups in total. The zero-order valence-electron chi connectivity index (χ0n) is 13.7. The molecule has 0 bridgehead atoms. The van der Waals surface area contributed by atoms with Gasteiger partial charge >= 0.3 is 14.0 Å². The van der Waals surface area contributed by atoms with Gasteiger partial charge in [0.05, 0.1) is 19.8 Å². The van der Waals surface area contributed by atoms with E-state index >= 15 is 0 Å². The summed E-state index contributed by atoms with van der Waals surface area (Å²) in [6.07, 6.45) is -3.53. The third-order valence-electron chi connectivity index (χ3n) is 3.03. The first kappa shape index (κ1) is 20.9. The van der Waals surface area contributed by atoms with E-state index in [9.17, 15) is 17.7 Å². The first-order valence-electron chi connectivity index (χ1n) is 7.64. The molecule has 136 valence electrons. The SMILES string of the molecule is CCOP(=O)(OCC)OC/C=C(\CCc1ccccc1)C(F)(F)F. The Balaban J connectivity index is 2.70. The molecular weight excluding hydrogens is 344 g/mol. The molecule has 0 heterocycles. The predicted octanol–water partition coefficient (Wildman–Crippen LogP) is 5.31. The fraction of sp³-hybridized carbons (Fsp3) is 0.500. The molecule has 0 aliphatic carbocycles. The van der Waals surface area contributed by atoms with Crippen LogP contribution in [0, 0.1) is 0 Å². The van der Waals surface area contributed by atoms with Crippen molar-refractivity contribution < 1.29 is 31.3 Å². The van der Waals surface area contributed by atoms with Crippen LogP contribution >= 0.6 is 7.82 Å². The second-order valence-electron chi connectivity index (χ2n) is 4.79. The van der Waals surface area contributed by atoms with Gasteiger partial charge in [-0.2, -0.15) is 13.2 Å². The number of hydrogen-bond acceptors (Lipinski definition) is 4. The third kappa shape index (κ3) is 7.62. The molecule has 1 rings (SSSR count). The van der Waals surface area contributed by atoms with Gasteiger partial charge in [-0.1, -0.05) is 36.4 Å². The molecule has 0 fully saturated rings. The number of rotatable bonds is 10. The van der Waals surface area contributed by atoms with Crippen molar-refractivity contribution in [3.05, 3.63) is 47.5 Å². The normalized spacial score (nSPS) is 13.3. The molecule has 0 amide bonds. The Hall–Kier alpha value is -1.14. The van der Waals surface area contributed by atoms with E-state index in [0.29, 0.717) is 0 Å². The van der Waals surface area contributed by atoms with Crippen molar-refractivity contribution in [3.63, 3.8) is 0 Å². The second kappa shape index (κ2) is 9.99. The van der Waals surface area contributed by atoms with E-state index in [1.807, 2.05) is 0 Å². The maximum atomic E-state index is 13.1. The molecule has 1 aromatic carbocycles. The Kier molecular flexibility index (Phi) is 8.70. The van der Waals surface area contributed by atoms with Gasteiger partial charge in [0, 0.05) is 5.57 Å². The molecule has 0 radical (unpaired) electrons. The molecule has 8 heteroatoms. The Morgan fingerprint density at radius 3 is 2.17 bits per heavy atom. The minimum Gasteiger partial charge on any atom is -0.287 e. The van der Waals surface area contributed by atoms with Crippen LogP contribution in [0.1, 0.15) is 25.8 Å². The van der Waals surface area contributed by atoms with Crippen LogP contribution in [-0.2, 0) is 24.6 Å². The van der Waals surface area contributed by atoms with Gasteiger partial charge in [0.15, 0.2) is 0 Å². The molecule has 0 spiro atoms. The number of alkyl halides is 3. The quantitative estimate of drug-likeness (QED) is 0.416. The molecule has 24 heavy (non-hydrogen) atoms. The van der Waals surface area contributed by atoms with E-state index in [0.717, 1.165) is 11.6 Å². The zero-order valence-corrected chi connectivity index (χ0v) is 14.6. The monoisotopic (exact) mass is 366 g/mol. The van der Waals surface area contributed by atoms with Gasteiger partial charge in [0.25, 0.3) is 0 Å². The Labute approximate surface area is 140 Å². The molecule has 0 saturated carbocycles. The predicted molar refractivity (Wildman–Crippen MR) is 85.7 cm³/mol. The fourth-order valence-electron chi connectivity index (χ4n) is 1.94. The molecule has 1 aromatic rings. The summed E-state index contributed by atoms with van der Waals surface area (Å²) in [5, 5.41) is 0. The molecule has 0 aliphatic rings. The number of phosphoric acid groups is 1. The van der Waals surface area contributed by atoms with Gasteiger partial charge in [0.1, 0.15) is 0 Å². The topological polar surface area (TPSA) is 44.8 Å². The van der Waals surface area contributed by atoms with E-state index in [4.69, 9.17) is 13.6 Å². The van der Waals surface area contributed by atoms with Crippen LogP contribution in [0.3, 0.4) is 0 Å². The van der Waals surface area contributed by atoms with Crippen molar-refractivity contribution in [3.8, 4) is 0 Å². The van der Waals surface area contributed by atoms with Gasteiger partial charge in [-0.05, 0) is 32.3 Å². The molecule has 0 unspecified atom stereocenters. The summed E-state index contributed by atoms with van der Waals surface area (Å²) in [5.74, 6) is 0. The fourth-order valence-corrected chi connectivity index (χ4v) is 3.05. The van der Waals surface area contributed by atoms with E-state index in [2.05, 4.69) is 0 Å². The first-order valence-corrected chi connectivity index (χ1v) is 9.10. The number of hydrogen-bond donors (Lipinski definition) is 0. The highest BCUT2D eigenvalue weighted by molar-refractivity contribution is 7.48. The summed E-state index contributed by atoms with van der Waals surface area (Å²) in [5.41, 5.74) is 0.0776. The maximum Gasteiger partial charge on any atom is 0.475 e. The van der Waals surface area contributed by atoms with Crippen molar-refractivity contribution >= 4 is 7.82 Å². The van der Waals surface area contributed by atoms with Crippen molar-refractivity contribution in [1.29, 1.82) is 0 Å². The van der Waals surface area contributed by atoms with Crippen LogP contribution in [0.4, 0.5) is 13.2 Å². The van der Waals surface area contributed by atoms with E-state index in [1.54, 1.807) is 44.2 Å². The first-order chi connectivity index (χ1) is 11.3. The van der Waals surface area contributed by atoms with Gasteiger partial charge in [0.2, 0.25) is 0 Å². The third-order valence-corrected chi connectivity index (χ3v) is 4.64. The largest absolute Gasteiger partial charge is 0.475 e. The summed E-state index contributed by atoms with van der Waals surface area (Å²) in [7, 11) is -3.82. The lowest BCUT2D eigenvalue weighted by molar-refractivity contribution is -0.0944. The van der Waals surface area contributed by atoms with E-state index < -0.39 is 26.2 Å². The summed E-state index contributed by atoms with van der Waals surface area (Å²) < 4.78 is 66.0. The van der Waals surface area contributed by atoms with E-state index in [1.165, 1.54) is 0 Å². The lowest BCUT2D eigenvalue weighted by Crippen LogP contribution is -2.14. The van der Waals surface area contributed by atoms with Gasteiger partial charge in [-0.15, -0.1) is 0 Å². The van der Waals surface area contributed by atoms with Crippen molar-refractivity contribution in [1.82, 2.24) is 0 Å².